The van der Waals surface area contributed by atoms with Crippen molar-refractivity contribution in [2.75, 3.05) is 6.61 Å². The fraction of sp³-hybridized carbons (Fsp3) is 0.333. The minimum atomic E-state index is -0.294. The third kappa shape index (κ3) is 4.70. The summed E-state index contributed by atoms with van der Waals surface area (Å²) in [5.74, 6) is 0.226. The highest BCUT2D eigenvalue weighted by Crippen LogP contribution is 2.11. The van der Waals surface area contributed by atoms with Crippen LogP contribution in [0.3, 0.4) is 0 Å². The van der Waals surface area contributed by atoms with E-state index in [0.717, 1.165) is 0 Å². The van der Waals surface area contributed by atoms with Gasteiger partial charge in [0, 0.05) is 12.1 Å². The number of halogens is 2. The van der Waals surface area contributed by atoms with Crippen LogP contribution < -0.4 is 10.5 Å². The van der Waals surface area contributed by atoms with E-state index >= 15 is 0 Å². The molecule has 0 heterocycles. The van der Waals surface area contributed by atoms with Gasteiger partial charge in [-0.25, -0.2) is 4.39 Å². The Hall–Kier alpha value is -0.800. The van der Waals surface area contributed by atoms with E-state index in [9.17, 15) is 4.39 Å². The maximum Gasteiger partial charge on any atom is 0.126 e. The minimum absolute atomic E-state index is 0. The van der Waals surface area contributed by atoms with E-state index in [1.54, 1.807) is 12.1 Å². The molecule has 0 fully saturated rings. The van der Waals surface area contributed by atoms with Crippen molar-refractivity contribution in [2.24, 2.45) is 5.73 Å². The van der Waals surface area contributed by atoms with Gasteiger partial charge >= 0.3 is 0 Å². The van der Waals surface area contributed by atoms with E-state index in [-0.39, 0.29) is 24.3 Å². The molecule has 0 aliphatic carbocycles. The van der Waals surface area contributed by atoms with E-state index in [0.29, 0.717) is 12.4 Å². The lowest BCUT2D eigenvalue weighted by Gasteiger charge is -2.07. The molecule has 13 heavy (non-hydrogen) atoms. The van der Waals surface area contributed by atoms with Crippen LogP contribution in [0.4, 0.5) is 4.39 Å². The first-order chi connectivity index (χ1) is 5.68. The smallest absolute Gasteiger partial charge is 0.126 e. The maximum atomic E-state index is 12.6. The van der Waals surface area contributed by atoms with E-state index in [1.165, 1.54) is 12.1 Å². The van der Waals surface area contributed by atoms with Gasteiger partial charge in [0.15, 0.2) is 0 Å². The van der Waals surface area contributed by atoms with Crippen molar-refractivity contribution in [2.45, 2.75) is 13.0 Å². The van der Waals surface area contributed by atoms with E-state index in [4.69, 9.17) is 10.5 Å². The second-order valence-electron chi connectivity index (χ2n) is 2.75. The fourth-order valence-electron chi connectivity index (χ4n) is 0.784. The average Bonchev–Trinajstić information content (AvgIpc) is 2.01. The molecule has 4 heteroatoms. The van der Waals surface area contributed by atoms with Crippen molar-refractivity contribution in [1.82, 2.24) is 0 Å². The SMILES string of the molecule is CC(N)COc1cccc(F)c1.Cl. The van der Waals surface area contributed by atoms with E-state index < -0.39 is 0 Å². The van der Waals surface area contributed by atoms with Gasteiger partial charge in [0.1, 0.15) is 18.2 Å². The number of hydrogen-bond donors (Lipinski definition) is 1. The molecule has 74 valence electrons. The molecule has 2 N–H and O–H groups in total. The van der Waals surface area contributed by atoms with Crippen LogP contribution in [0.5, 0.6) is 5.75 Å². The monoisotopic (exact) mass is 205 g/mol. The quantitative estimate of drug-likeness (QED) is 0.819. The number of ether oxygens (including phenoxy) is 1. The predicted molar refractivity (Wildman–Crippen MR) is 52.8 cm³/mol. The molecule has 0 saturated heterocycles. The summed E-state index contributed by atoms with van der Waals surface area (Å²) in [6.07, 6.45) is 0. The van der Waals surface area contributed by atoms with Crippen LogP contribution in [0.25, 0.3) is 0 Å². The van der Waals surface area contributed by atoms with Crippen molar-refractivity contribution in [3.63, 3.8) is 0 Å². The molecule has 0 aromatic heterocycles. The van der Waals surface area contributed by atoms with E-state index in [2.05, 4.69) is 0 Å². The molecular weight excluding hydrogens is 193 g/mol. The third-order valence-electron chi connectivity index (χ3n) is 1.31. The highest BCUT2D eigenvalue weighted by Gasteiger charge is 1.97. The highest BCUT2D eigenvalue weighted by molar-refractivity contribution is 5.85. The molecule has 1 aromatic carbocycles. The lowest BCUT2D eigenvalue weighted by Crippen LogP contribution is -2.23. The first-order valence-corrected chi connectivity index (χ1v) is 3.82. The normalized spacial score (nSPS) is 11.6. The molecule has 1 unspecified atom stereocenters. The zero-order valence-corrected chi connectivity index (χ0v) is 8.18. The Bertz CT molecular complexity index is 255. The van der Waals surface area contributed by atoms with Crippen molar-refractivity contribution in [3.8, 4) is 5.75 Å². The summed E-state index contributed by atoms with van der Waals surface area (Å²) in [7, 11) is 0. The summed E-state index contributed by atoms with van der Waals surface area (Å²) in [4.78, 5) is 0. The zero-order valence-electron chi connectivity index (χ0n) is 7.37. The van der Waals surface area contributed by atoms with Crippen LogP contribution in [-0.2, 0) is 0 Å². The molecule has 0 spiro atoms. The standard InChI is InChI=1S/C9H12FNO.ClH/c1-7(11)6-12-9-4-2-3-8(10)5-9;/h2-5,7H,6,11H2,1H3;1H. The molecule has 0 aliphatic heterocycles. The minimum Gasteiger partial charge on any atom is -0.492 e. The highest BCUT2D eigenvalue weighted by atomic mass is 35.5. The van der Waals surface area contributed by atoms with Gasteiger partial charge in [-0.15, -0.1) is 12.4 Å². The maximum absolute atomic E-state index is 12.6. The molecular formula is C9H13ClFNO. The van der Waals surface area contributed by atoms with Gasteiger partial charge in [0.05, 0.1) is 0 Å². The largest absolute Gasteiger partial charge is 0.492 e. The lowest BCUT2D eigenvalue weighted by atomic mass is 10.3. The van der Waals surface area contributed by atoms with Gasteiger partial charge in [-0.1, -0.05) is 6.07 Å². The molecule has 0 aliphatic rings. The van der Waals surface area contributed by atoms with Gasteiger partial charge < -0.3 is 10.5 Å². The van der Waals surface area contributed by atoms with Crippen LogP contribution in [0.15, 0.2) is 24.3 Å². The average molecular weight is 206 g/mol. The Morgan fingerprint density at radius 1 is 1.54 bits per heavy atom. The molecule has 2 nitrogen and oxygen atoms in total. The Kier molecular flexibility index (Phi) is 5.42. The van der Waals surface area contributed by atoms with Crippen LogP contribution in [0.2, 0.25) is 0 Å². The Labute approximate surface area is 83.3 Å². The fourth-order valence-corrected chi connectivity index (χ4v) is 0.784. The van der Waals surface area contributed by atoms with Crippen LogP contribution >= 0.6 is 12.4 Å². The van der Waals surface area contributed by atoms with Crippen molar-refractivity contribution in [3.05, 3.63) is 30.1 Å². The summed E-state index contributed by atoms with van der Waals surface area (Å²) in [6.45, 7) is 2.24. The van der Waals surface area contributed by atoms with Crippen molar-refractivity contribution in [1.29, 1.82) is 0 Å². The molecule has 1 atom stereocenters. The molecule has 1 aromatic rings. The summed E-state index contributed by atoms with van der Waals surface area (Å²) in [5, 5.41) is 0. The molecule has 0 amide bonds. The van der Waals surface area contributed by atoms with Gasteiger partial charge in [-0.2, -0.15) is 0 Å². The Balaban J connectivity index is 0.00000144. The topological polar surface area (TPSA) is 35.2 Å². The molecule has 1 rings (SSSR count). The van der Waals surface area contributed by atoms with Crippen molar-refractivity contribution >= 4 is 12.4 Å². The van der Waals surface area contributed by atoms with Crippen LogP contribution in [0.1, 0.15) is 6.92 Å². The van der Waals surface area contributed by atoms with Gasteiger partial charge in [-0.05, 0) is 19.1 Å². The number of benzene rings is 1. The van der Waals surface area contributed by atoms with Gasteiger partial charge in [0.2, 0.25) is 0 Å². The van der Waals surface area contributed by atoms with Gasteiger partial charge in [0.25, 0.3) is 0 Å². The number of nitrogens with two attached hydrogens (primary N) is 1. The molecule has 0 radical (unpaired) electrons. The van der Waals surface area contributed by atoms with Crippen LogP contribution in [-0.4, -0.2) is 12.6 Å². The summed E-state index contributed by atoms with van der Waals surface area (Å²) in [6, 6.07) is 5.98. The van der Waals surface area contributed by atoms with Crippen molar-refractivity contribution < 1.29 is 9.13 Å². The van der Waals surface area contributed by atoms with Crippen LogP contribution in [0, 0.1) is 5.82 Å². The zero-order chi connectivity index (χ0) is 8.97. The Morgan fingerprint density at radius 2 is 2.23 bits per heavy atom. The second-order valence-corrected chi connectivity index (χ2v) is 2.75. The van der Waals surface area contributed by atoms with E-state index in [1.807, 2.05) is 6.92 Å². The summed E-state index contributed by atoms with van der Waals surface area (Å²) >= 11 is 0. The lowest BCUT2D eigenvalue weighted by molar-refractivity contribution is 0.295. The number of rotatable bonds is 3. The summed E-state index contributed by atoms with van der Waals surface area (Å²) < 4.78 is 17.8. The first kappa shape index (κ1) is 12.2. The first-order valence-electron chi connectivity index (χ1n) is 3.82. The van der Waals surface area contributed by atoms with Gasteiger partial charge in [-0.3, -0.25) is 0 Å². The summed E-state index contributed by atoms with van der Waals surface area (Å²) in [5.41, 5.74) is 5.46. The molecule has 0 bridgehead atoms. The molecule has 0 saturated carbocycles. The second kappa shape index (κ2) is 5.78. The predicted octanol–water partition coefficient (Wildman–Crippen LogP) is 1.97. The number of hydrogen-bond acceptors (Lipinski definition) is 2. The Morgan fingerprint density at radius 3 is 2.77 bits per heavy atom. The third-order valence-corrected chi connectivity index (χ3v) is 1.31.